The Balaban J connectivity index is 1.84. The minimum Gasteiger partial charge on any atom is -0.497 e. The van der Waals surface area contributed by atoms with E-state index >= 15 is 0 Å². The van der Waals surface area contributed by atoms with Gasteiger partial charge in [-0.15, -0.1) is 0 Å². The van der Waals surface area contributed by atoms with Crippen molar-refractivity contribution in [2.75, 3.05) is 14.2 Å². The van der Waals surface area contributed by atoms with Crippen molar-refractivity contribution in [2.24, 2.45) is 0 Å². The summed E-state index contributed by atoms with van der Waals surface area (Å²) in [7, 11) is -1.40. The minimum atomic E-state index is -4.18. The van der Waals surface area contributed by atoms with Crippen LogP contribution in [0.25, 0.3) is 0 Å². The van der Waals surface area contributed by atoms with Crippen molar-refractivity contribution in [3.05, 3.63) is 82.9 Å². The normalized spacial score (nSPS) is 11.0. The molecule has 150 valence electrons. The molecule has 0 aliphatic carbocycles. The molecular formula is C21H17ClO6S. The van der Waals surface area contributed by atoms with Crippen LogP contribution >= 0.6 is 11.6 Å². The maximum atomic E-state index is 12.7. The highest BCUT2D eigenvalue weighted by molar-refractivity contribution is 7.87. The summed E-state index contributed by atoms with van der Waals surface area (Å²) in [5.74, 6) is 0.310. The third-order valence-electron chi connectivity index (χ3n) is 4.07. The Kier molecular flexibility index (Phi) is 6.10. The molecule has 3 aromatic carbocycles. The van der Waals surface area contributed by atoms with E-state index < -0.39 is 10.1 Å². The summed E-state index contributed by atoms with van der Waals surface area (Å²) in [5.41, 5.74) is 0.854. The van der Waals surface area contributed by atoms with Crippen molar-refractivity contribution in [1.29, 1.82) is 0 Å². The van der Waals surface area contributed by atoms with Crippen LogP contribution in [-0.4, -0.2) is 28.4 Å². The lowest BCUT2D eigenvalue weighted by Gasteiger charge is -2.12. The summed E-state index contributed by atoms with van der Waals surface area (Å²) in [4.78, 5) is 12.3. The highest BCUT2D eigenvalue weighted by Gasteiger charge is 2.23. The lowest BCUT2D eigenvalue weighted by molar-refractivity contribution is 0.103. The standard InChI is InChI=1S/C21H17ClO6S/c1-26-18-11-12-19(27-2)20(13-18)29(24,25)28-17-9-5-15(6-10-17)21(23)14-3-7-16(22)8-4-14/h3-13H,1-2H3. The molecule has 8 heteroatoms. The van der Waals surface area contributed by atoms with Gasteiger partial charge in [0.15, 0.2) is 10.7 Å². The first kappa shape index (κ1) is 20.7. The molecule has 0 heterocycles. The Morgan fingerprint density at radius 3 is 1.90 bits per heavy atom. The second kappa shape index (κ2) is 8.55. The molecule has 3 rings (SSSR count). The average molecular weight is 433 g/mol. The molecule has 0 spiro atoms. The van der Waals surface area contributed by atoms with Gasteiger partial charge in [0.1, 0.15) is 17.2 Å². The molecule has 0 radical (unpaired) electrons. The van der Waals surface area contributed by atoms with Crippen LogP contribution < -0.4 is 13.7 Å². The minimum absolute atomic E-state index is 0.0579. The largest absolute Gasteiger partial charge is 0.497 e. The Hall–Kier alpha value is -3.03. The van der Waals surface area contributed by atoms with Crippen LogP contribution in [0.4, 0.5) is 0 Å². The molecule has 0 unspecified atom stereocenters. The summed E-state index contributed by atoms with van der Waals surface area (Å²) < 4.78 is 40.7. The summed E-state index contributed by atoms with van der Waals surface area (Å²) in [5, 5.41) is 0.531. The summed E-state index contributed by atoms with van der Waals surface area (Å²) in [6.45, 7) is 0. The van der Waals surface area contributed by atoms with E-state index in [0.29, 0.717) is 21.9 Å². The Morgan fingerprint density at radius 2 is 1.34 bits per heavy atom. The first-order valence-electron chi connectivity index (χ1n) is 8.41. The number of halogens is 1. The fourth-order valence-corrected chi connectivity index (χ4v) is 3.82. The maximum absolute atomic E-state index is 12.7. The van der Waals surface area contributed by atoms with Gasteiger partial charge in [-0.05, 0) is 60.7 Å². The van der Waals surface area contributed by atoms with E-state index in [1.807, 2.05) is 0 Å². The van der Waals surface area contributed by atoms with Gasteiger partial charge in [0, 0.05) is 22.2 Å². The molecule has 0 aliphatic rings. The van der Waals surface area contributed by atoms with Crippen LogP contribution in [0.2, 0.25) is 5.02 Å². The zero-order valence-electron chi connectivity index (χ0n) is 15.6. The molecule has 29 heavy (non-hydrogen) atoms. The van der Waals surface area contributed by atoms with Crippen LogP contribution in [0.15, 0.2) is 71.6 Å². The second-order valence-electron chi connectivity index (χ2n) is 5.91. The Morgan fingerprint density at radius 1 is 0.793 bits per heavy atom. The molecule has 0 fully saturated rings. The number of methoxy groups -OCH3 is 2. The van der Waals surface area contributed by atoms with E-state index in [4.69, 9.17) is 25.3 Å². The Bertz CT molecular complexity index is 1120. The number of ether oxygens (including phenoxy) is 2. The van der Waals surface area contributed by atoms with E-state index in [2.05, 4.69) is 0 Å². The van der Waals surface area contributed by atoms with Gasteiger partial charge in [0.2, 0.25) is 0 Å². The lowest BCUT2D eigenvalue weighted by atomic mass is 10.0. The van der Waals surface area contributed by atoms with Gasteiger partial charge in [-0.1, -0.05) is 11.6 Å². The van der Waals surface area contributed by atoms with Crippen LogP contribution in [-0.2, 0) is 10.1 Å². The number of ketones is 1. The molecule has 0 saturated heterocycles. The van der Waals surface area contributed by atoms with Gasteiger partial charge >= 0.3 is 10.1 Å². The monoisotopic (exact) mass is 432 g/mol. The predicted molar refractivity (Wildman–Crippen MR) is 109 cm³/mol. The third-order valence-corrected chi connectivity index (χ3v) is 5.59. The summed E-state index contributed by atoms with van der Waals surface area (Å²) >= 11 is 5.83. The predicted octanol–water partition coefficient (Wildman–Crippen LogP) is 4.36. The van der Waals surface area contributed by atoms with Gasteiger partial charge in [0.05, 0.1) is 14.2 Å². The number of hydrogen-bond donors (Lipinski definition) is 0. The van der Waals surface area contributed by atoms with E-state index in [9.17, 15) is 13.2 Å². The van der Waals surface area contributed by atoms with E-state index in [1.165, 1.54) is 50.6 Å². The van der Waals surface area contributed by atoms with Crippen LogP contribution in [0, 0.1) is 0 Å². The molecule has 0 aromatic heterocycles. The third kappa shape index (κ3) is 4.70. The molecule has 6 nitrogen and oxygen atoms in total. The number of rotatable bonds is 7. The zero-order valence-corrected chi connectivity index (χ0v) is 17.2. The number of carbonyl (C=O) groups excluding carboxylic acids is 1. The van der Waals surface area contributed by atoms with Crippen molar-refractivity contribution in [2.45, 2.75) is 4.90 Å². The second-order valence-corrected chi connectivity index (χ2v) is 7.87. The fraction of sp³-hybridized carbons (Fsp3) is 0.0952. The number of benzene rings is 3. The molecule has 0 aliphatic heterocycles. The van der Waals surface area contributed by atoms with Gasteiger partial charge in [-0.2, -0.15) is 8.42 Å². The highest BCUT2D eigenvalue weighted by atomic mass is 35.5. The van der Waals surface area contributed by atoms with E-state index in [-0.39, 0.29) is 22.2 Å². The van der Waals surface area contributed by atoms with E-state index in [0.717, 1.165) is 0 Å². The zero-order chi connectivity index (χ0) is 21.0. The first-order chi connectivity index (χ1) is 13.8. The first-order valence-corrected chi connectivity index (χ1v) is 10.2. The molecule has 0 atom stereocenters. The van der Waals surface area contributed by atoms with Gasteiger partial charge in [-0.3, -0.25) is 4.79 Å². The molecule has 0 amide bonds. The van der Waals surface area contributed by atoms with Gasteiger partial charge in [-0.25, -0.2) is 0 Å². The SMILES string of the molecule is COc1ccc(OC)c(S(=O)(=O)Oc2ccc(C(=O)c3ccc(Cl)cc3)cc2)c1. The molecule has 0 N–H and O–H groups in total. The maximum Gasteiger partial charge on any atom is 0.343 e. The lowest BCUT2D eigenvalue weighted by Crippen LogP contribution is -2.11. The summed E-state index contributed by atoms with van der Waals surface area (Å²) in [6.07, 6.45) is 0. The Labute approximate surface area is 173 Å². The van der Waals surface area contributed by atoms with Gasteiger partial charge < -0.3 is 13.7 Å². The molecule has 0 saturated carbocycles. The van der Waals surface area contributed by atoms with Crippen LogP contribution in [0.1, 0.15) is 15.9 Å². The summed E-state index contributed by atoms with van der Waals surface area (Å²) in [6, 6.07) is 16.7. The molecular weight excluding hydrogens is 416 g/mol. The smallest absolute Gasteiger partial charge is 0.343 e. The van der Waals surface area contributed by atoms with Crippen LogP contribution in [0.3, 0.4) is 0 Å². The van der Waals surface area contributed by atoms with Crippen molar-refractivity contribution in [3.8, 4) is 17.2 Å². The van der Waals surface area contributed by atoms with Crippen molar-refractivity contribution >= 4 is 27.5 Å². The fourth-order valence-electron chi connectivity index (χ4n) is 2.58. The molecule has 3 aromatic rings. The quantitative estimate of drug-likeness (QED) is 0.408. The highest BCUT2D eigenvalue weighted by Crippen LogP contribution is 2.30. The molecule has 0 bridgehead atoms. The van der Waals surface area contributed by atoms with Crippen LogP contribution in [0.5, 0.6) is 17.2 Å². The number of hydrogen-bond acceptors (Lipinski definition) is 6. The topological polar surface area (TPSA) is 78.9 Å². The average Bonchev–Trinajstić information content (AvgIpc) is 2.73. The van der Waals surface area contributed by atoms with Crippen molar-refractivity contribution in [1.82, 2.24) is 0 Å². The van der Waals surface area contributed by atoms with E-state index in [1.54, 1.807) is 30.3 Å². The van der Waals surface area contributed by atoms with Crippen molar-refractivity contribution < 1.29 is 26.9 Å². The van der Waals surface area contributed by atoms with Crippen molar-refractivity contribution in [3.63, 3.8) is 0 Å². The number of carbonyl (C=O) groups is 1. The van der Waals surface area contributed by atoms with Gasteiger partial charge in [0.25, 0.3) is 0 Å².